The van der Waals surface area contributed by atoms with E-state index in [0.29, 0.717) is 29.3 Å². The summed E-state index contributed by atoms with van der Waals surface area (Å²) in [5, 5.41) is 26.5. The number of aromatic nitrogens is 4. The molecule has 4 atom stereocenters. The Labute approximate surface area is 214 Å². The molecular formula is C24H21FN8O5. The van der Waals surface area contributed by atoms with Crippen molar-refractivity contribution in [2.24, 2.45) is 5.11 Å². The number of nitrogens with one attached hydrogen (secondary N) is 1. The molecule has 0 bridgehead atoms. The van der Waals surface area contributed by atoms with Crippen LogP contribution >= 0.6 is 0 Å². The zero-order valence-corrected chi connectivity index (χ0v) is 19.6. The number of carbonyl (C=O) groups is 1. The zero-order valence-electron chi connectivity index (χ0n) is 19.6. The summed E-state index contributed by atoms with van der Waals surface area (Å²) < 4.78 is 26.8. The number of aliphatic hydroxyl groups excluding tert-OH is 1. The van der Waals surface area contributed by atoms with Crippen LogP contribution in [0, 0.1) is 5.82 Å². The largest absolute Gasteiger partial charge is 0.489 e. The second-order valence-electron chi connectivity index (χ2n) is 8.40. The molecule has 13 nitrogen and oxygen atoms in total. The van der Waals surface area contributed by atoms with Crippen LogP contribution in [0.2, 0.25) is 0 Å². The maximum Gasteiger partial charge on any atom is 0.333 e. The van der Waals surface area contributed by atoms with E-state index in [9.17, 15) is 19.4 Å². The number of anilines is 1. The Morgan fingerprint density at radius 2 is 2.05 bits per heavy atom. The van der Waals surface area contributed by atoms with Crippen LogP contribution in [-0.2, 0) is 22.7 Å². The van der Waals surface area contributed by atoms with Crippen LogP contribution in [0.25, 0.3) is 21.6 Å². The number of carboxylic acids is 1. The van der Waals surface area contributed by atoms with E-state index >= 15 is 0 Å². The number of benzene rings is 2. The summed E-state index contributed by atoms with van der Waals surface area (Å²) in [6, 6.07) is 12.4. The number of hydrogen-bond donors (Lipinski definition) is 3. The summed E-state index contributed by atoms with van der Waals surface area (Å²) in [7, 11) is 0. The number of hydrogen-bond acceptors (Lipinski definition) is 9. The lowest BCUT2D eigenvalue weighted by Gasteiger charge is -2.17. The number of rotatable bonds is 9. The quantitative estimate of drug-likeness (QED) is 0.170. The molecule has 1 saturated heterocycles. The van der Waals surface area contributed by atoms with Gasteiger partial charge in [0.15, 0.2) is 29.3 Å². The molecule has 0 spiro atoms. The maximum atomic E-state index is 14.0. The minimum Gasteiger partial charge on any atom is -0.489 e. The average Bonchev–Trinajstić information content (AvgIpc) is 3.49. The Balaban J connectivity index is 1.37. The van der Waals surface area contributed by atoms with E-state index in [2.05, 4.69) is 30.3 Å². The predicted molar refractivity (Wildman–Crippen MR) is 130 cm³/mol. The average molecular weight is 520 g/mol. The lowest BCUT2D eigenvalue weighted by Crippen LogP contribution is -2.34. The number of nitrogens with zero attached hydrogens (tertiary/aromatic N) is 7. The van der Waals surface area contributed by atoms with Crippen molar-refractivity contribution in [2.45, 2.75) is 37.6 Å². The molecule has 1 aliphatic rings. The van der Waals surface area contributed by atoms with Crippen LogP contribution in [0.5, 0.6) is 5.75 Å². The molecule has 0 aliphatic carbocycles. The molecule has 4 aromatic rings. The smallest absolute Gasteiger partial charge is 0.333 e. The molecular weight excluding hydrogens is 499 g/mol. The van der Waals surface area contributed by atoms with Gasteiger partial charge in [-0.2, -0.15) is 0 Å². The van der Waals surface area contributed by atoms with Crippen LogP contribution in [-0.4, -0.2) is 54.0 Å². The first kappa shape index (κ1) is 24.9. The highest BCUT2D eigenvalue weighted by molar-refractivity contribution is 5.82. The van der Waals surface area contributed by atoms with Gasteiger partial charge < -0.3 is 25.0 Å². The monoisotopic (exact) mass is 520 g/mol. The lowest BCUT2D eigenvalue weighted by molar-refractivity contribution is -0.152. The Kier molecular flexibility index (Phi) is 7.00. The van der Waals surface area contributed by atoms with Gasteiger partial charge in [0.25, 0.3) is 0 Å². The van der Waals surface area contributed by atoms with Gasteiger partial charge >= 0.3 is 5.97 Å². The van der Waals surface area contributed by atoms with E-state index in [1.54, 1.807) is 6.07 Å². The normalized spacial score (nSPS) is 20.7. The van der Waals surface area contributed by atoms with Crippen molar-refractivity contribution >= 4 is 23.0 Å². The second-order valence-corrected chi connectivity index (χ2v) is 8.40. The first-order valence-electron chi connectivity index (χ1n) is 11.4. The highest BCUT2D eigenvalue weighted by Crippen LogP contribution is 2.34. The van der Waals surface area contributed by atoms with E-state index in [0.717, 1.165) is 5.56 Å². The van der Waals surface area contributed by atoms with Gasteiger partial charge in [0.05, 0.1) is 6.33 Å². The number of aliphatic hydroxyl groups is 1. The van der Waals surface area contributed by atoms with Gasteiger partial charge in [-0.15, -0.1) is 0 Å². The standard InChI is InChI=1S/C24H21FN8O5/c25-15-6-7-16(37-10-13-4-2-1-3-5-13)14(8-15)9-27-21-18-22(29-11-28-21)33(12-30-18)23-19(34)17(31-32-26)20(38-23)24(35)36/h1-8,11-12,17,19-20,23,34H,9-10H2,(H,35,36)(H,27,28,29). The summed E-state index contributed by atoms with van der Waals surface area (Å²) in [6.07, 6.45) is -1.67. The van der Waals surface area contributed by atoms with E-state index < -0.39 is 36.3 Å². The van der Waals surface area contributed by atoms with Gasteiger partial charge in [0.1, 0.15) is 36.6 Å². The molecule has 2 aromatic heterocycles. The molecule has 2 aromatic carbocycles. The van der Waals surface area contributed by atoms with Crippen LogP contribution in [0.1, 0.15) is 17.4 Å². The number of aliphatic carboxylic acids is 1. The minimum absolute atomic E-state index is 0.142. The molecule has 14 heteroatoms. The van der Waals surface area contributed by atoms with Crippen LogP contribution in [0.15, 0.2) is 66.3 Å². The van der Waals surface area contributed by atoms with Crippen LogP contribution in [0.3, 0.4) is 0 Å². The predicted octanol–water partition coefficient (Wildman–Crippen LogP) is 3.18. The maximum absolute atomic E-state index is 14.0. The van der Waals surface area contributed by atoms with Crippen molar-refractivity contribution in [3.8, 4) is 5.75 Å². The van der Waals surface area contributed by atoms with Crippen molar-refractivity contribution < 1.29 is 28.9 Å². The van der Waals surface area contributed by atoms with Gasteiger partial charge in [0, 0.05) is 17.0 Å². The molecule has 3 N–H and O–H groups in total. The first-order chi connectivity index (χ1) is 18.5. The highest BCUT2D eigenvalue weighted by Gasteiger charge is 2.48. The third-order valence-electron chi connectivity index (χ3n) is 6.01. The summed E-state index contributed by atoms with van der Waals surface area (Å²) in [5.74, 6) is -1.02. The number of carboxylic acid groups (broad SMARTS) is 1. The second kappa shape index (κ2) is 10.7. The van der Waals surface area contributed by atoms with Gasteiger partial charge in [-0.1, -0.05) is 35.4 Å². The fourth-order valence-corrected chi connectivity index (χ4v) is 4.19. The van der Waals surface area contributed by atoms with Gasteiger partial charge in [-0.25, -0.2) is 24.1 Å². The fraction of sp³-hybridized carbons (Fsp3) is 0.250. The minimum atomic E-state index is -1.55. The Morgan fingerprint density at radius 3 is 2.82 bits per heavy atom. The molecule has 0 radical (unpaired) electrons. The number of fused-ring (bicyclic) bond motifs is 1. The summed E-state index contributed by atoms with van der Waals surface area (Å²) in [5.41, 5.74) is 10.8. The fourth-order valence-electron chi connectivity index (χ4n) is 4.19. The van der Waals surface area contributed by atoms with Crippen molar-refractivity contribution in [1.82, 2.24) is 19.5 Å². The SMILES string of the molecule is [N-]=[N+]=NC1C(C(=O)O)OC(n2cnc3c(NCc4cc(F)ccc4OCc4ccccc4)ncnc32)C1O. The Bertz CT molecular complexity index is 1510. The Morgan fingerprint density at radius 1 is 1.24 bits per heavy atom. The lowest BCUT2D eigenvalue weighted by atomic mass is 10.1. The third-order valence-corrected chi connectivity index (χ3v) is 6.01. The van der Waals surface area contributed by atoms with Gasteiger partial charge in [-0.05, 0) is 29.3 Å². The summed E-state index contributed by atoms with van der Waals surface area (Å²) >= 11 is 0. The summed E-state index contributed by atoms with van der Waals surface area (Å²) in [6.45, 7) is 0.447. The number of ether oxygens (including phenoxy) is 2. The number of imidazole rings is 1. The number of halogens is 1. The third kappa shape index (κ3) is 4.91. The molecule has 4 unspecified atom stereocenters. The Hall–Kier alpha value is -4.78. The topological polar surface area (TPSA) is 180 Å². The van der Waals surface area contributed by atoms with Crippen LogP contribution < -0.4 is 10.1 Å². The molecule has 5 rings (SSSR count). The zero-order chi connectivity index (χ0) is 26.6. The number of azide groups is 1. The van der Waals surface area contributed by atoms with Gasteiger partial charge in [0.2, 0.25) is 0 Å². The molecule has 1 fully saturated rings. The van der Waals surface area contributed by atoms with Crippen molar-refractivity contribution in [3.63, 3.8) is 0 Å². The van der Waals surface area contributed by atoms with E-state index in [4.69, 9.17) is 15.0 Å². The molecule has 1 aliphatic heterocycles. The van der Waals surface area contributed by atoms with E-state index in [1.165, 1.54) is 29.4 Å². The van der Waals surface area contributed by atoms with Crippen molar-refractivity contribution in [1.29, 1.82) is 0 Å². The van der Waals surface area contributed by atoms with E-state index in [-0.39, 0.29) is 12.2 Å². The van der Waals surface area contributed by atoms with Crippen LogP contribution in [0.4, 0.5) is 10.2 Å². The molecule has 3 heterocycles. The molecule has 0 amide bonds. The summed E-state index contributed by atoms with van der Waals surface area (Å²) in [4.78, 5) is 26.9. The van der Waals surface area contributed by atoms with E-state index in [1.807, 2.05) is 30.3 Å². The van der Waals surface area contributed by atoms with Crippen molar-refractivity contribution in [2.75, 3.05) is 5.32 Å². The van der Waals surface area contributed by atoms with Crippen molar-refractivity contribution in [3.05, 3.63) is 88.6 Å². The molecule has 0 saturated carbocycles. The molecule has 38 heavy (non-hydrogen) atoms. The first-order valence-corrected chi connectivity index (χ1v) is 11.4. The van der Waals surface area contributed by atoms with Gasteiger partial charge in [-0.3, -0.25) is 4.57 Å². The highest BCUT2D eigenvalue weighted by atomic mass is 19.1. The molecule has 194 valence electrons.